The highest BCUT2D eigenvalue weighted by molar-refractivity contribution is 7.91. The van der Waals surface area contributed by atoms with Crippen LogP contribution in [-0.4, -0.2) is 45.0 Å². The van der Waals surface area contributed by atoms with Crippen LogP contribution in [-0.2, 0) is 31.7 Å². The van der Waals surface area contributed by atoms with Gasteiger partial charge in [0.05, 0.1) is 29.7 Å². The lowest BCUT2D eigenvalue weighted by atomic mass is 10.2. The van der Waals surface area contributed by atoms with E-state index in [0.29, 0.717) is 35.9 Å². The number of sulfone groups is 1. The summed E-state index contributed by atoms with van der Waals surface area (Å²) in [6, 6.07) is 14.4. The van der Waals surface area contributed by atoms with Gasteiger partial charge in [-0.15, -0.1) is 0 Å². The third kappa shape index (κ3) is 5.78. The summed E-state index contributed by atoms with van der Waals surface area (Å²) in [4.78, 5) is 17.1. The second-order valence-corrected chi connectivity index (χ2v) is 9.66. The number of nitrogens with zero attached hydrogens (tertiary/aromatic N) is 2. The Kier molecular flexibility index (Phi) is 7.41. The number of rotatable bonds is 9. The Morgan fingerprint density at radius 3 is 2.63 bits per heavy atom. The van der Waals surface area contributed by atoms with Crippen molar-refractivity contribution in [2.75, 3.05) is 26.1 Å². The minimum atomic E-state index is -3.62. The molecular weight excluding hydrogens is 424 g/mol. The fourth-order valence-electron chi connectivity index (χ4n) is 2.99. The number of amides is 1. The summed E-state index contributed by atoms with van der Waals surface area (Å²) >= 11 is 1.31. The molecule has 2 aromatic carbocycles. The number of carbonyl (C=O) groups excluding carboxylic acids is 1. The largest absolute Gasteiger partial charge is 0.497 e. The summed E-state index contributed by atoms with van der Waals surface area (Å²) < 4.78 is 38.3. The molecular formula is C21H24N2O5S2. The second kappa shape index (κ2) is 10.0. The van der Waals surface area contributed by atoms with Crippen LogP contribution in [0, 0.1) is 0 Å². The van der Waals surface area contributed by atoms with Crippen LogP contribution >= 0.6 is 11.3 Å². The van der Waals surface area contributed by atoms with Gasteiger partial charge in [0.1, 0.15) is 11.5 Å². The Bertz CT molecular complexity index is 1180. The molecule has 1 aromatic heterocycles. The van der Waals surface area contributed by atoms with E-state index in [9.17, 15) is 13.2 Å². The van der Waals surface area contributed by atoms with E-state index in [1.165, 1.54) is 11.3 Å². The fraction of sp³-hybridized carbons (Fsp3) is 0.333. The molecule has 0 radical (unpaired) electrons. The second-order valence-electron chi connectivity index (χ2n) is 6.59. The molecule has 3 rings (SSSR count). The minimum Gasteiger partial charge on any atom is -0.497 e. The first-order valence-corrected chi connectivity index (χ1v) is 12.1. The molecule has 7 nitrogen and oxygen atoms in total. The van der Waals surface area contributed by atoms with Gasteiger partial charge >= 0.3 is 0 Å². The van der Waals surface area contributed by atoms with Crippen LogP contribution in [0.25, 0.3) is 10.2 Å². The van der Waals surface area contributed by atoms with Gasteiger partial charge in [0.2, 0.25) is 0 Å². The Balaban J connectivity index is 1.89. The maximum absolute atomic E-state index is 12.5. The third-order valence-electron chi connectivity index (χ3n) is 4.35. The normalized spacial score (nSPS) is 12.4. The standard InChI is InChI=1S/C21H24N2O5S2/c1-3-28-12-11-23-18-10-9-17(27-2)13-19(18)29-21(23)22-20(24)15-30(25,26)14-16-7-5-4-6-8-16/h4-10,13H,3,11-12,14-15H2,1-2H3. The molecule has 0 saturated carbocycles. The summed E-state index contributed by atoms with van der Waals surface area (Å²) in [5, 5.41) is 0. The molecule has 0 aliphatic heterocycles. The number of benzene rings is 2. The van der Waals surface area contributed by atoms with Crippen molar-refractivity contribution in [1.82, 2.24) is 4.57 Å². The lowest BCUT2D eigenvalue weighted by Crippen LogP contribution is -2.23. The van der Waals surface area contributed by atoms with Gasteiger partial charge in [0.25, 0.3) is 5.91 Å². The van der Waals surface area contributed by atoms with Gasteiger partial charge in [-0.2, -0.15) is 4.99 Å². The van der Waals surface area contributed by atoms with Gasteiger partial charge < -0.3 is 14.0 Å². The molecule has 0 spiro atoms. The van der Waals surface area contributed by atoms with Gasteiger partial charge in [-0.05, 0) is 30.7 Å². The first kappa shape index (κ1) is 22.2. The molecule has 0 saturated heterocycles. The molecule has 0 aliphatic rings. The van der Waals surface area contributed by atoms with Crippen molar-refractivity contribution in [1.29, 1.82) is 0 Å². The van der Waals surface area contributed by atoms with Gasteiger partial charge in [-0.1, -0.05) is 41.7 Å². The molecule has 0 aliphatic carbocycles. The number of thiazole rings is 1. The third-order valence-corrected chi connectivity index (χ3v) is 6.85. The van der Waals surface area contributed by atoms with E-state index in [4.69, 9.17) is 9.47 Å². The van der Waals surface area contributed by atoms with Crippen molar-refractivity contribution in [3.8, 4) is 5.75 Å². The number of ether oxygens (including phenoxy) is 2. The monoisotopic (exact) mass is 448 g/mol. The zero-order valence-electron chi connectivity index (χ0n) is 16.9. The van der Waals surface area contributed by atoms with Crippen LogP contribution < -0.4 is 9.54 Å². The SMILES string of the molecule is CCOCCn1c(=NC(=O)CS(=O)(=O)Cc2ccccc2)sc2cc(OC)ccc21. The van der Waals surface area contributed by atoms with Crippen molar-refractivity contribution >= 4 is 37.3 Å². The highest BCUT2D eigenvalue weighted by atomic mass is 32.2. The fourth-order valence-corrected chi connectivity index (χ4v) is 5.33. The Morgan fingerprint density at radius 1 is 1.17 bits per heavy atom. The van der Waals surface area contributed by atoms with E-state index in [2.05, 4.69) is 4.99 Å². The molecule has 0 fully saturated rings. The van der Waals surface area contributed by atoms with E-state index in [1.54, 1.807) is 31.4 Å². The average Bonchev–Trinajstić information content (AvgIpc) is 3.04. The zero-order chi connectivity index (χ0) is 21.6. The Labute approximate surface area is 179 Å². The Morgan fingerprint density at radius 2 is 1.93 bits per heavy atom. The first-order chi connectivity index (χ1) is 14.4. The molecule has 0 unspecified atom stereocenters. The lowest BCUT2D eigenvalue weighted by molar-refractivity contribution is -0.115. The predicted molar refractivity (Wildman–Crippen MR) is 117 cm³/mol. The number of fused-ring (bicyclic) bond motifs is 1. The molecule has 3 aromatic rings. The molecule has 1 amide bonds. The van der Waals surface area contributed by atoms with Crippen molar-refractivity contribution in [2.24, 2.45) is 4.99 Å². The number of aromatic nitrogens is 1. The van der Waals surface area contributed by atoms with E-state index in [0.717, 1.165) is 10.2 Å². The molecule has 0 bridgehead atoms. The molecule has 30 heavy (non-hydrogen) atoms. The predicted octanol–water partition coefficient (Wildman–Crippen LogP) is 2.79. The minimum absolute atomic E-state index is 0.191. The molecule has 1 heterocycles. The van der Waals surface area contributed by atoms with Gasteiger partial charge in [0, 0.05) is 13.2 Å². The quantitative estimate of drug-likeness (QED) is 0.470. The zero-order valence-corrected chi connectivity index (χ0v) is 18.5. The molecule has 160 valence electrons. The van der Waals surface area contributed by atoms with Crippen LogP contribution in [0.4, 0.5) is 0 Å². The molecule has 0 atom stereocenters. The number of hydrogen-bond donors (Lipinski definition) is 0. The summed E-state index contributed by atoms with van der Waals surface area (Å²) in [5.41, 5.74) is 1.53. The highest BCUT2D eigenvalue weighted by Gasteiger charge is 2.18. The summed E-state index contributed by atoms with van der Waals surface area (Å²) in [7, 11) is -2.03. The summed E-state index contributed by atoms with van der Waals surface area (Å²) in [5.74, 6) is -0.813. The van der Waals surface area contributed by atoms with Crippen LogP contribution in [0.5, 0.6) is 5.75 Å². The van der Waals surface area contributed by atoms with Crippen molar-refractivity contribution in [2.45, 2.75) is 19.2 Å². The highest BCUT2D eigenvalue weighted by Crippen LogP contribution is 2.23. The first-order valence-electron chi connectivity index (χ1n) is 9.49. The van der Waals surface area contributed by atoms with E-state index in [1.807, 2.05) is 35.8 Å². The van der Waals surface area contributed by atoms with Gasteiger partial charge in [-0.25, -0.2) is 8.42 Å². The maximum Gasteiger partial charge on any atom is 0.263 e. The van der Waals surface area contributed by atoms with E-state index in [-0.39, 0.29) is 5.75 Å². The maximum atomic E-state index is 12.5. The summed E-state index contributed by atoms with van der Waals surface area (Å²) in [6.07, 6.45) is 0. The molecule has 0 N–H and O–H groups in total. The summed E-state index contributed by atoms with van der Waals surface area (Å²) in [6.45, 7) is 3.46. The van der Waals surface area contributed by atoms with Crippen LogP contribution in [0.3, 0.4) is 0 Å². The number of hydrogen-bond acceptors (Lipinski definition) is 6. The molecule has 9 heteroatoms. The lowest BCUT2D eigenvalue weighted by Gasteiger charge is -2.06. The topological polar surface area (TPSA) is 87.0 Å². The Hall–Kier alpha value is -2.49. The van der Waals surface area contributed by atoms with Crippen molar-refractivity contribution < 1.29 is 22.7 Å². The van der Waals surface area contributed by atoms with E-state index >= 15 is 0 Å². The van der Waals surface area contributed by atoms with Crippen molar-refractivity contribution in [3.63, 3.8) is 0 Å². The van der Waals surface area contributed by atoms with E-state index < -0.39 is 21.5 Å². The number of methoxy groups -OCH3 is 1. The van der Waals surface area contributed by atoms with Gasteiger partial charge in [-0.3, -0.25) is 4.79 Å². The van der Waals surface area contributed by atoms with Crippen molar-refractivity contribution in [3.05, 3.63) is 58.9 Å². The van der Waals surface area contributed by atoms with Crippen LogP contribution in [0.2, 0.25) is 0 Å². The van der Waals surface area contributed by atoms with Gasteiger partial charge in [0.15, 0.2) is 14.6 Å². The van der Waals surface area contributed by atoms with Crippen LogP contribution in [0.15, 0.2) is 53.5 Å². The van der Waals surface area contributed by atoms with Crippen LogP contribution in [0.1, 0.15) is 12.5 Å². The number of carbonyl (C=O) groups is 1. The average molecular weight is 449 g/mol. The smallest absolute Gasteiger partial charge is 0.263 e.